The van der Waals surface area contributed by atoms with Gasteiger partial charge in [-0.2, -0.15) is 0 Å². The lowest BCUT2D eigenvalue weighted by atomic mass is 9.89. The van der Waals surface area contributed by atoms with E-state index in [4.69, 9.17) is 4.74 Å². The van der Waals surface area contributed by atoms with Crippen molar-refractivity contribution in [2.45, 2.75) is 40.2 Å². The monoisotopic (exact) mass is 197 g/mol. The highest BCUT2D eigenvalue weighted by Gasteiger charge is 2.31. The van der Waals surface area contributed by atoms with Crippen molar-refractivity contribution in [3.8, 4) is 0 Å². The maximum Gasteiger partial charge on any atom is 0.182 e. The van der Waals surface area contributed by atoms with Crippen LogP contribution in [-0.4, -0.2) is 23.6 Å². The summed E-state index contributed by atoms with van der Waals surface area (Å²) in [4.78, 5) is 2.22. The molecule has 1 rings (SSSR count). The first kappa shape index (κ1) is 11.4. The van der Waals surface area contributed by atoms with Gasteiger partial charge in [0.2, 0.25) is 0 Å². The Morgan fingerprint density at radius 2 is 1.86 bits per heavy atom. The average Bonchev–Trinajstić information content (AvgIpc) is 1.75. The molecule has 1 fully saturated rings. The molecule has 2 nitrogen and oxygen atoms in total. The third kappa shape index (κ3) is 2.93. The third-order valence-electron chi connectivity index (χ3n) is 2.63. The molecule has 0 radical (unpaired) electrons. The van der Waals surface area contributed by atoms with E-state index in [1.807, 2.05) is 0 Å². The Balaban J connectivity index is 2.30. The van der Waals surface area contributed by atoms with Gasteiger partial charge in [0.1, 0.15) is 5.60 Å². The van der Waals surface area contributed by atoms with Crippen LogP contribution in [0.4, 0.5) is 0 Å². The van der Waals surface area contributed by atoms with Gasteiger partial charge in [-0.1, -0.05) is 13.8 Å². The minimum atomic E-state index is -0.125. The number of rotatable bonds is 3. The highest BCUT2D eigenvalue weighted by molar-refractivity contribution is 4.95. The Morgan fingerprint density at radius 1 is 1.36 bits per heavy atom. The SMILES string of the molecule is C=C(OC(C)(C)C)N1CC(C(C)C)C1. The van der Waals surface area contributed by atoms with Gasteiger partial charge in [-0.3, -0.25) is 0 Å². The molecule has 0 amide bonds. The minimum absolute atomic E-state index is 0.125. The normalized spacial score (nSPS) is 18.3. The topological polar surface area (TPSA) is 12.5 Å². The average molecular weight is 197 g/mol. The van der Waals surface area contributed by atoms with Gasteiger partial charge in [-0.15, -0.1) is 0 Å². The quantitative estimate of drug-likeness (QED) is 0.645. The van der Waals surface area contributed by atoms with E-state index >= 15 is 0 Å². The molecule has 0 spiro atoms. The van der Waals surface area contributed by atoms with Crippen LogP contribution in [0.15, 0.2) is 12.5 Å². The molecule has 0 atom stereocenters. The summed E-state index contributed by atoms with van der Waals surface area (Å²) in [5.74, 6) is 2.42. The maximum absolute atomic E-state index is 5.70. The van der Waals surface area contributed by atoms with Crippen molar-refractivity contribution >= 4 is 0 Å². The van der Waals surface area contributed by atoms with Gasteiger partial charge in [0.15, 0.2) is 5.88 Å². The Kier molecular flexibility index (Phi) is 3.13. The van der Waals surface area contributed by atoms with Gasteiger partial charge in [-0.05, 0) is 39.2 Å². The van der Waals surface area contributed by atoms with E-state index in [0.717, 1.165) is 30.8 Å². The Morgan fingerprint density at radius 3 is 2.21 bits per heavy atom. The predicted molar refractivity (Wildman–Crippen MR) is 59.9 cm³/mol. The zero-order valence-corrected chi connectivity index (χ0v) is 10.1. The molecule has 0 aromatic heterocycles. The van der Waals surface area contributed by atoms with Crippen LogP contribution in [0.25, 0.3) is 0 Å². The van der Waals surface area contributed by atoms with Crippen molar-refractivity contribution in [3.05, 3.63) is 12.5 Å². The molecule has 0 saturated carbocycles. The number of ether oxygens (including phenoxy) is 1. The molecule has 1 aliphatic heterocycles. The van der Waals surface area contributed by atoms with Crippen LogP contribution >= 0.6 is 0 Å². The van der Waals surface area contributed by atoms with Crippen LogP contribution in [-0.2, 0) is 4.74 Å². The van der Waals surface area contributed by atoms with Gasteiger partial charge >= 0.3 is 0 Å². The molecule has 14 heavy (non-hydrogen) atoms. The van der Waals surface area contributed by atoms with E-state index in [1.54, 1.807) is 0 Å². The summed E-state index contributed by atoms with van der Waals surface area (Å²) in [5, 5.41) is 0. The number of hydrogen-bond donors (Lipinski definition) is 0. The first-order valence-electron chi connectivity index (χ1n) is 5.42. The maximum atomic E-state index is 5.70. The summed E-state index contributed by atoms with van der Waals surface area (Å²) in [6.07, 6.45) is 0. The summed E-state index contributed by atoms with van der Waals surface area (Å²) >= 11 is 0. The second kappa shape index (κ2) is 3.84. The number of likely N-dealkylation sites (tertiary alicyclic amines) is 1. The molecule has 2 heteroatoms. The molecular weight excluding hydrogens is 174 g/mol. The lowest BCUT2D eigenvalue weighted by molar-refractivity contribution is -0.0374. The van der Waals surface area contributed by atoms with Crippen molar-refractivity contribution in [3.63, 3.8) is 0 Å². The van der Waals surface area contributed by atoms with E-state index in [9.17, 15) is 0 Å². The first-order valence-corrected chi connectivity index (χ1v) is 5.42. The summed E-state index contributed by atoms with van der Waals surface area (Å²) in [6, 6.07) is 0. The van der Waals surface area contributed by atoms with Crippen LogP contribution < -0.4 is 0 Å². The van der Waals surface area contributed by atoms with Gasteiger partial charge in [0, 0.05) is 13.1 Å². The van der Waals surface area contributed by atoms with E-state index in [2.05, 4.69) is 46.1 Å². The Labute approximate surface area is 87.9 Å². The summed E-state index contributed by atoms with van der Waals surface area (Å²) in [6.45, 7) is 16.9. The lowest BCUT2D eigenvalue weighted by Crippen LogP contribution is -2.49. The van der Waals surface area contributed by atoms with E-state index in [1.165, 1.54) is 0 Å². The van der Waals surface area contributed by atoms with Crippen molar-refractivity contribution in [2.75, 3.05) is 13.1 Å². The largest absolute Gasteiger partial charge is 0.474 e. The van der Waals surface area contributed by atoms with Gasteiger partial charge in [-0.25, -0.2) is 0 Å². The van der Waals surface area contributed by atoms with E-state index < -0.39 is 0 Å². The van der Waals surface area contributed by atoms with E-state index in [-0.39, 0.29) is 5.60 Å². The Hall–Kier alpha value is -0.660. The van der Waals surface area contributed by atoms with Crippen molar-refractivity contribution in [1.82, 2.24) is 4.90 Å². The van der Waals surface area contributed by atoms with Crippen molar-refractivity contribution in [2.24, 2.45) is 11.8 Å². The van der Waals surface area contributed by atoms with Gasteiger partial charge in [0.25, 0.3) is 0 Å². The molecule has 0 aliphatic carbocycles. The minimum Gasteiger partial charge on any atom is -0.474 e. The Bertz CT molecular complexity index is 209. The summed E-state index contributed by atoms with van der Waals surface area (Å²) < 4.78 is 5.70. The summed E-state index contributed by atoms with van der Waals surface area (Å²) in [7, 11) is 0. The molecule has 1 aliphatic rings. The van der Waals surface area contributed by atoms with Gasteiger partial charge in [0.05, 0.1) is 0 Å². The lowest BCUT2D eigenvalue weighted by Gasteiger charge is -2.44. The molecule has 0 bridgehead atoms. The predicted octanol–water partition coefficient (Wildman–Crippen LogP) is 2.86. The van der Waals surface area contributed by atoms with Crippen LogP contribution in [0.2, 0.25) is 0 Å². The smallest absolute Gasteiger partial charge is 0.182 e. The highest BCUT2D eigenvalue weighted by atomic mass is 16.5. The standard InChI is InChI=1S/C12H23NO/c1-9(2)11-7-13(8-11)10(3)14-12(4,5)6/h9,11H,3,7-8H2,1-2,4-6H3. The highest BCUT2D eigenvalue weighted by Crippen LogP contribution is 2.28. The molecule has 82 valence electrons. The first-order chi connectivity index (χ1) is 6.29. The van der Waals surface area contributed by atoms with Crippen LogP contribution in [0.1, 0.15) is 34.6 Å². The fourth-order valence-electron chi connectivity index (χ4n) is 1.56. The molecule has 0 aromatic carbocycles. The molecule has 0 unspecified atom stereocenters. The fourth-order valence-corrected chi connectivity index (χ4v) is 1.56. The second-order valence-corrected chi connectivity index (χ2v) is 5.52. The van der Waals surface area contributed by atoms with Crippen LogP contribution in [0, 0.1) is 11.8 Å². The molecule has 0 aromatic rings. The third-order valence-corrected chi connectivity index (χ3v) is 2.63. The van der Waals surface area contributed by atoms with Crippen LogP contribution in [0.5, 0.6) is 0 Å². The molecule has 1 saturated heterocycles. The van der Waals surface area contributed by atoms with E-state index in [0.29, 0.717) is 0 Å². The fraction of sp³-hybridized carbons (Fsp3) is 0.833. The molecule has 0 N–H and O–H groups in total. The molecule has 1 heterocycles. The van der Waals surface area contributed by atoms with Crippen LogP contribution in [0.3, 0.4) is 0 Å². The zero-order valence-electron chi connectivity index (χ0n) is 10.1. The second-order valence-electron chi connectivity index (χ2n) is 5.52. The number of nitrogens with zero attached hydrogens (tertiary/aromatic N) is 1. The van der Waals surface area contributed by atoms with Crippen molar-refractivity contribution in [1.29, 1.82) is 0 Å². The zero-order chi connectivity index (χ0) is 10.9. The number of hydrogen-bond acceptors (Lipinski definition) is 2. The van der Waals surface area contributed by atoms with Crippen molar-refractivity contribution < 1.29 is 4.74 Å². The molecular formula is C12H23NO. The van der Waals surface area contributed by atoms with Gasteiger partial charge < -0.3 is 9.64 Å². The summed E-state index contributed by atoms with van der Waals surface area (Å²) in [5.41, 5.74) is -0.125.